The second-order valence-corrected chi connectivity index (χ2v) is 4.45. The molecule has 18 heavy (non-hydrogen) atoms. The van der Waals surface area contributed by atoms with Crippen LogP contribution in [-0.4, -0.2) is 12.1 Å². The molecule has 0 aliphatic heterocycles. The van der Waals surface area contributed by atoms with E-state index in [4.69, 9.17) is 4.74 Å². The van der Waals surface area contributed by atoms with E-state index in [0.29, 0.717) is 0 Å². The van der Waals surface area contributed by atoms with Gasteiger partial charge in [0.15, 0.2) is 0 Å². The number of aromatic amines is 1. The molecule has 0 aliphatic carbocycles. The molecule has 0 radical (unpaired) electrons. The van der Waals surface area contributed by atoms with Crippen LogP contribution in [0.3, 0.4) is 0 Å². The van der Waals surface area contributed by atoms with E-state index >= 15 is 0 Å². The molecular formula is C16H15NO. The zero-order valence-electron chi connectivity index (χ0n) is 10.5. The quantitative estimate of drug-likeness (QED) is 0.711. The number of benzene rings is 2. The minimum Gasteiger partial charge on any atom is -0.497 e. The first-order valence-electron chi connectivity index (χ1n) is 6.01. The van der Waals surface area contributed by atoms with E-state index in [0.717, 1.165) is 11.4 Å². The van der Waals surface area contributed by atoms with E-state index in [9.17, 15) is 0 Å². The molecule has 2 heteroatoms. The molecule has 2 nitrogen and oxygen atoms in total. The van der Waals surface area contributed by atoms with Crippen LogP contribution in [0.25, 0.3) is 22.2 Å². The van der Waals surface area contributed by atoms with Gasteiger partial charge in [0.05, 0.1) is 7.11 Å². The number of aromatic nitrogens is 1. The summed E-state index contributed by atoms with van der Waals surface area (Å²) in [4.78, 5) is 3.45. The standard InChI is InChI=1S/C16H15NO/c1-11-4-3-5-15-14(11)10-16(17-15)12-6-8-13(18-2)9-7-12/h3-10,17H,1-2H3. The highest BCUT2D eigenvalue weighted by Crippen LogP contribution is 2.27. The Bertz CT molecular complexity index is 680. The summed E-state index contributed by atoms with van der Waals surface area (Å²) < 4.78 is 5.17. The molecule has 0 aliphatic rings. The molecule has 0 bridgehead atoms. The largest absolute Gasteiger partial charge is 0.497 e. The average Bonchev–Trinajstić information content (AvgIpc) is 2.84. The molecule has 90 valence electrons. The normalized spacial score (nSPS) is 10.8. The fourth-order valence-electron chi connectivity index (χ4n) is 2.23. The second kappa shape index (κ2) is 4.22. The van der Waals surface area contributed by atoms with Gasteiger partial charge in [0.2, 0.25) is 0 Å². The summed E-state index contributed by atoms with van der Waals surface area (Å²) in [6.45, 7) is 2.13. The van der Waals surface area contributed by atoms with E-state index < -0.39 is 0 Å². The van der Waals surface area contributed by atoms with Crippen LogP contribution < -0.4 is 4.74 Å². The van der Waals surface area contributed by atoms with Gasteiger partial charge in [0.1, 0.15) is 5.75 Å². The van der Waals surface area contributed by atoms with E-state index in [1.807, 2.05) is 12.1 Å². The third-order valence-electron chi connectivity index (χ3n) is 3.28. The molecule has 0 saturated heterocycles. The predicted octanol–water partition coefficient (Wildman–Crippen LogP) is 4.15. The monoisotopic (exact) mass is 237 g/mol. The van der Waals surface area contributed by atoms with Crippen LogP contribution in [-0.2, 0) is 0 Å². The lowest BCUT2D eigenvalue weighted by atomic mass is 10.1. The van der Waals surface area contributed by atoms with Crippen LogP contribution >= 0.6 is 0 Å². The van der Waals surface area contributed by atoms with Crippen molar-refractivity contribution in [3.63, 3.8) is 0 Å². The lowest BCUT2D eigenvalue weighted by molar-refractivity contribution is 0.415. The van der Waals surface area contributed by atoms with Gasteiger partial charge in [0.25, 0.3) is 0 Å². The number of fused-ring (bicyclic) bond motifs is 1. The number of ether oxygens (including phenoxy) is 1. The van der Waals surface area contributed by atoms with Gasteiger partial charge in [-0.25, -0.2) is 0 Å². The molecule has 0 fully saturated rings. The molecule has 0 saturated carbocycles. The van der Waals surface area contributed by atoms with Crippen molar-refractivity contribution >= 4 is 10.9 Å². The van der Waals surface area contributed by atoms with Crippen molar-refractivity contribution < 1.29 is 4.74 Å². The Morgan fingerprint density at radius 2 is 1.78 bits per heavy atom. The SMILES string of the molecule is COc1ccc(-c2cc3c(C)cccc3[nH]2)cc1. The number of H-pyrrole nitrogens is 1. The Morgan fingerprint density at radius 1 is 1.00 bits per heavy atom. The first kappa shape index (κ1) is 10.9. The van der Waals surface area contributed by atoms with Gasteiger partial charge >= 0.3 is 0 Å². The average molecular weight is 237 g/mol. The Labute approximate surface area is 106 Å². The van der Waals surface area contributed by atoms with Crippen molar-refractivity contribution in [2.75, 3.05) is 7.11 Å². The van der Waals surface area contributed by atoms with Crippen molar-refractivity contribution in [2.24, 2.45) is 0 Å². The molecule has 1 aromatic heterocycles. The summed E-state index contributed by atoms with van der Waals surface area (Å²) in [5.74, 6) is 0.881. The molecule has 0 amide bonds. The molecule has 0 unspecified atom stereocenters. The van der Waals surface area contributed by atoms with Gasteiger partial charge in [-0.2, -0.15) is 0 Å². The summed E-state index contributed by atoms with van der Waals surface area (Å²) >= 11 is 0. The van der Waals surface area contributed by atoms with Gasteiger partial charge in [0, 0.05) is 16.6 Å². The smallest absolute Gasteiger partial charge is 0.118 e. The summed E-state index contributed by atoms with van der Waals surface area (Å²) in [5, 5.41) is 1.28. The maximum absolute atomic E-state index is 5.17. The van der Waals surface area contributed by atoms with Gasteiger partial charge < -0.3 is 9.72 Å². The van der Waals surface area contributed by atoms with Crippen LogP contribution in [0.2, 0.25) is 0 Å². The maximum atomic E-state index is 5.17. The fraction of sp³-hybridized carbons (Fsp3) is 0.125. The van der Waals surface area contributed by atoms with Crippen LogP contribution in [0.15, 0.2) is 48.5 Å². The van der Waals surface area contributed by atoms with Crippen LogP contribution in [0, 0.1) is 6.92 Å². The number of hydrogen-bond acceptors (Lipinski definition) is 1. The molecule has 3 aromatic rings. The first-order chi connectivity index (χ1) is 8.78. The van der Waals surface area contributed by atoms with Gasteiger partial charge in [-0.1, -0.05) is 12.1 Å². The summed E-state index contributed by atoms with van der Waals surface area (Å²) in [6.07, 6.45) is 0. The second-order valence-electron chi connectivity index (χ2n) is 4.45. The Balaban J connectivity index is 2.10. The Morgan fingerprint density at radius 3 is 2.44 bits per heavy atom. The minimum absolute atomic E-state index is 0.881. The van der Waals surface area contributed by atoms with Gasteiger partial charge in [-0.15, -0.1) is 0 Å². The minimum atomic E-state index is 0.881. The van der Waals surface area contributed by atoms with E-state index in [-0.39, 0.29) is 0 Å². The van der Waals surface area contributed by atoms with Crippen LogP contribution in [0.4, 0.5) is 0 Å². The highest BCUT2D eigenvalue weighted by atomic mass is 16.5. The Kier molecular flexibility index (Phi) is 2.56. The number of rotatable bonds is 2. The van der Waals surface area contributed by atoms with Crippen LogP contribution in [0.5, 0.6) is 5.75 Å². The van der Waals surface area contributed by atoms with E-state index in [1.54, 1.807) is 7.11 Å². The molecular weight excluding hydrogens is 222 g/mol. The molecule has 2 aromatic carbocycles. The Hall–Kier alpha value is -2.22. The van der Waals surface area contributed by atoms with E-state index in [1.165, 1.54) is 22.0 Å². The third kappa shape index (κ3) is 1.76. The zero-order valence-corrected chi connectivity index (χ0v) is 10.5. The lowest BCUT2D eigenvalue weighted by Gasteiger charge is -2.01. The van der Waals surface area contributed by atoms with Crippen molar-refractivity contribution in [1.82, 2.24) is 4.98 Å². The predicted molar refractivity (Wildman–Crippen MR) is 75.0 cm³/mol. The van der Waals surface area contributed by atoms with E-state index in [2.05, 4.69) is 48.3 Å². The number of methoxy groups -OCH3 is 1. The topological polar surface area (TPSA) is 25.0 Å². The molecule has 1 N–H and O–H groups in total. The van der Waals surface area contributed by atoms with Crippen molar-refractivity contribution in [3.8, 4) is 17.0 Å². The van der Waals surface area contributed by atoms with Crippen molar-refractivity contribution in [1.29, 1.82) is 0 Å². The molecule has 1 heterocycles. The van der Waals surface area contributed by atoms with Crippen LogP contribution in [0.1, 0.15) is 5.56 Å². The number of aryl methyl sites for hydroxylation is 1. The molecule has 0 spiro atoms. The number of hydrogen-bond donors (Lipinski definition) is 1. The maximum Gasteiger partial charge on any atom is 0.118 e. The third-order valence-corrected chi connectivity index (χ3v) is 3.28. The van der Waals surface area contributed by atoms with Crippen molar-refractivity contribution in [2.45, 2.75) is 6.92 Å². The van der Waals surface area contributed by atoms with Gasteiger partial charge in [-0.3, -0.25) is 0 Å². The van der Waals surface area contributed by atoms with Gasteiger partial charge in [-0.05, 0) is 54.4 Å². The lowest BCUT2D eigenvalue weighted by Crippen LogP contribution is -1.82. The van der Waals surface area contributed by atoms with Crippen molar-refractivity contribution in [3.05, 3.63) is 54.1 Å². The summed E-state index contributed by atoms with van der Waals surface area (Å²) in [7, 11) is 1.68. The zero-order chi connectivity index (χ0) is 12.5. The fourth-order valence-corrected chi connectivity index (χ4v) is 2.23. The highest BCUT2D eigenvalue weighted by molar-refractivity contribution is 5.88. The summed E-state index contributed by atoms with van der Waals surface area (Å²) in [5.41, 5.74) is 4.79. The number of nitrogens with one attached hydrogen (secondary N) is 1. The first-order valence-corrected chi connectivity index (χ1v) is 6.01. The molecule has 3 rings (SSSR count). The summed E-state index contributed by atoms with van der Waals surface area (Å²) in [6, 6.07) is 16.6. The molecule has 0 atom stereocenters. The highest BCUT2D eigenvalue weighted by Gasteiger charge is 2.04.